The molecule has 1 rings (SSSR count). The van der Waals surface area contributed by atoms with Gasteiger partial charge in [-0.05, 0) is 25.7 Å². The van der Waals surface area contributed by atoms with Gasteiger partial charge < -0.3 is 22.0 Å². The molecule has 0 atom stereocenters. The first-order valence-corrected chi connectivity index (χ1v) is 4.16. The molecule has 0 N–H and O–H groups in total. The van der Waals surface area contributed by atoms with Crippen LogP contribution in [0.2, 0.25) is 0 Å². The van der Waals surface area contributed by atoms with Gasteiger partial charge >= 0.3 is 58.2 Å². The van der Waals surface area contributed by atoms with Gasteiger partial charge in [0.25, 0.3) is 0 Å². The molecule has 1 aliphatic carbocycles. The summed E-state index contributed by atoms with van der Waals surface area (Å²) in [6, 6.07) is 0. The van der Waals surface area contributed by atoms with E-state index in [2.05, 4.69) is 26.4 Å². The minimum absolute atomic E-state index is 0. The molecule has 111 valence electrons. The summed E-state index contributed by atoms with van der Waals surface area (Å²) in [6.07, 6.45) is 10.0. The zero-order chi connectivity index (χ0) is 16.3. The number of rotatable bonds is 1. The number of hydrogen-bond donors (Lipinski definition) is 0. The van der Waals surface area contributed by atoms with E-state index in [4.69, 9.17) is 18.7 Å². The second-order valence-electron chi connectivity index (χ2n) is 2.14. The van der Waals surface area contributed by atoms with Gasteiger partial charge in [-0.2, -0.15) is 0 Å². The van der Waals surface area contributed by atoms with Crippen LogP contribution in [-0.2, 0) is 35.8 Å². The van der Waals surface area contributed by atoms with Crippen molar-refractivity contribution in [1.29, 1.82) is 0 Å². The average Bonchev–Trinajstić information content (AvgIpc) is 2.44. The first-order chi connectivity index (χ1) is 8.93. The van der Waals surface area contributed by atoms with Crippen LogP contribution in [0, 0.1) is 51.7 Å². The predicted octanol–water partition coefficient (Wildman–Crippen LogP) is 2.57. The smallest absolute Gasteiger partial charge is 2.00 e. The molecule has 5 radical (unpaired) electrons. The summed E-state index contributed by atoms with van der Waals surface area (Å²) in [5.74, 6) is 0. The largest absolute Gasteiger partial charge is 2.00 e. The van der Waals surface area contributed by atoms with Crippen molar-refractivity contribution in [2.24, 2.45) is 0 Å². The molecular weight excluding hydrogens is 327 g/mol. The fourth-order valence-corrected chi connectivity index (χ4v) is 0.645. The van der Waals surface area contributed by atoms with Crippen molar-refractivity contribution in [3.8, 4) is 0 Å². The molecule has 0 amide bonds. The van der Waals surface area contributed by atoms with E-state index >= 15 is 0 Å². The molecule has 1 fully saturated rings. The zero-order valence-electron chi connectivity index (χ0n) is 10.1. The molecule has 4 nitrogen and oxygen atoms in total. The minimum Gasteiger partial charge on any atom is 2.00 e. The summed E-state index contributed by atoms with van der Waals surface area (Å²) in [4.78, 5) is 0. The molecule has 0 heterocycles. The molecule has 0 unspecified atom stereocenters. The first-order valence-electron chi connectivity index (χ1n) is 4.16. The summed E-state index contributed by atoms with van der Waals surface area (Å²) in [5.41, 5.74) is 0. The van der Waals surface area contributed by atoms with Gasteiger partial charge in [-0.1, -0.05) is 0 Å². The van der Waals surface area contributed by atoms with Crippen LogP contribution in [0.3, 0.4) is 0 Å². The van der Waals surface area contributed by atoms with Crippen molar-refractivity contribution in [2.75, 3.05) is 7.11 Å². The van der Waals surface area contributed by atoms with Gasteiger partial charge in [0.2, 0.25) is 0 Å². The van der Waals surface area contributed by atoms with E-state index in [0.29, 0.717) is 0 Å². The molecule has 0 spiro atoms. The average molecular weight is 336 g/mol. The Morgan fingerprint density at radius 2 is 1.40 bits per heavy atom. The molecule has 1 saturated carbocycles. The third kappa shape index (κ3) is 52.8. The fraction of sp³-hybridized carbons (Fsp3) is 0.200. The van der Waals surface area contributed by atoms with Gasteiger partial charge in [-0.15, -0.1) is 0 Å². The number of hydrogen-bond acceptors (Lipinski definition) is 1. The molecule has 10 heteroatoms. The fourth-order valence-electron chi connectivity index (χ4n) is 0.645. The molecule has 20 heavy (non-hydrogen) atoms. The van der Waals surface area contributed by atoms with Crippen LogP contribution in [0.15, 0.2) is 0 Å². The van der Waals surface area contributed by atoms with E-state index in [9.17, 15) is 17.3 Å². The van der Waals surface area contributed by atoms with Crippen molar-refractivity contribution in [2.45, 2.75) is 6.42 Å². The van der Waals surface area contributed by atoms with E-state index in [-0.39, 0.29) is 17.1 Å². The number of ether oxygens (including phenoxy) is 1. The maximum absolute atomic E-state index is 9.75. The second-order valence-corrected chi connectivity index (χ2v) is 2.14. The van der Waals surface area contributed by atoms with E-state index in [1.807, 2.05) is 19.3 Å². The SMILES string of the molecule is CO[C]1[CH][CH][CH]C[CH]1.F[B-](F)(F)F.[C-]#[O+].[C-]#[O+].[C-]#[O+].[Fe+2]. The predicted molar refractivity (Wildman–Crippen MR) is 54.0 cm³/mol. The number of halogens is 4. The first kappa shape index (κ1) is 31.7. The maximum atomic E-state index is 9.75. The quantitative estimate of drug-likeness (QED) is 0.314. The van der Waals surface area contributed by atoms with Crippen LogP contribution in [0.25, 0.3) is 0 Å². The van der Waals surface area contributed by atoms with Crippen LogP contribution in [0.5, 0.6) is 0 Å². The van der Waals surface area contributed by atoms with Gasteiger partial charge in [-0.3, -0.25) is 0 Å². The Bertz CT molecular complexity index is 207. The summed E-state index contributed by atoms with van der Waals surface area (Å²) in [7, 11) is -4.32. The molecule has 0 aliphatic heterocycles. The summed E-state index contributed by atoms with van der Waals surface area (Å²) in [6.45, 7) is 13.5. The maximum Gasteiger partial charge on any atom is 2.00 e. The normalized spacial score (nSPS) is 12.8. The van der Waals surface area contributed by atoms with Crippen molar-refractivity contribution in [1.82, 2.24) is 0 Å². The van der Waals surface area contributed by atoms with E-state index < -0.39 is 7.25 Å². The van der Waals surface area contributed by atoms with Gasteiger partial charge in [0.05, 0.1) is 0 Å². The molecule has 0 aromatic heterocycles. The Morgan fingerprint density at radius 1 is 1.05 bits per heavy atom. The monoisotopic (exact) mass is 336 g/mol. The Hall–Kier alpha value is -0.516. The summed E-state index contributed by atoms with van der Waals surface area (Å²) in [5, 5.41) is 0. The summed E-state index contributed by atoms with van der Waals surface area (Å²) < 4.78 is 66.4. The van der Waals surface area contributed by atoms with E-state index in [1.54, 1.807) is 7.11 Å². The Morgan fingerprint density at radius 3 is 1.55 bits per heavy atom. The molecule has 0 saturated heterocycles. The number of methoxy groups -OCH3 is 1. The van der Waals surface area contributed by atoms with Crippen molar-refractivity contribution < 1.29 is 53.0 Å². The molecule has 0 aromatic carbocycles. The summed E-state index contributed by atoms with van der Waals surface area (Å²) >= 11 is 0. The Labute approximate surface area is 126 Å². The van der Waals surface area contributed by atoms with E-state index in [1.165, 1.54) is 0 Å². The van der Waals surface area contributed by atoms with E-state index in [0.717, 1.165) is 12.5 Å². The molecule has 1 aliphatic rings. The van der Waals surface area contributed by atoms with Crippen molar-refractivity contribution in [3.63, 3.8) is 0 Å². The van der Waals surface area contributed by atoms with Crippen molar-refractivity contribution >= 4 is 7.25 Å². The van der Waals surface area contributed by atoms with Crippen LogP contribution in [0.4, 0.5) is 17.3 Å². The molecule has 0 aromatic rings. The van der Waals surface area contributed by atoms with Gasteiger partial charge in [0, 0.05) is 13.5 Å². The van der Waals surface area contributed by atoms with Crippen molar-refractivity contribution in [3.05, 3.63) is 51.7 Å². The topological polar surface area (TPSA) is 68.9 Å². The Balaban J connectivity index is -0.0000000550. The van der Waals surface area contributed by atoms with Gasteiger partial charge in [0.1, 0.15) is 6.10 Å². The van der Waals surface area contributed by atoms with Gasteiger partial charge in [-0.25, -0.2) is 0 Å². The van der Waals surface area contributed by atoms with Crippen LogP contribution >= 0.6 is 0 Å². The van der Waals surface area contributed by atoms with Gasteiger partial charge in [0.15, 0.2) is 0 Å². The molecule has 0 bridgehead atoms. The second kappa shape index (κ2) is 26.9. The zero-order valence-corrected chi connectivity index (χ0v) is 11.2. The van der Waals surface area contributed by atoms with Crippen LogP contribution in [-0.4, -0.2) is 14.4 Å². The standard InChI is InChI=1S/C7H9O.3CO.BF4.Fe/c1-8-7-5-3-2-4-6-7;3*1-2;2-1(3,4)5;/h2-3,5-6H,4H2,1H3;;;;;/q;;;;-1;+2. The van der Waals surface area contributed by atoms with Crippen LogP contribution in [0.1, 0.15) is 6.42 Å². The third-order valence-corrected chi connectivity index (χ3v) is 1.09. The Kier molecular flexibility index (Phi) is 42.7. The minimum atomic E-state index is -6.00. The van der Waals surface area contributed by atoms with Crippen LogP contribution < -0.4 is 0 Å². The molecular formula is C10H9BF4FeO4+. The third-order valence-electron chi connectivity index (χ3n) is 1.09.